The van der Waals surface area contributed by atoms with Gasteiger partial charge in [0.2, 0.25) is 27.8 Å². The molecule has 3 amide bonds. The van der Waals surface area contributed by atoms with Crippen molar-refractivity contribution in [3.05, 3.63) is 42.5 Å². The molecule has 4 rings (SSSR count). The Morgan fingerprint density at radius 2 is 1.90 bits per heavy atom. The Morgan fingerprint density at radius 3 is 2.62 bits per heavy atom. The van der Waals surface area contributed by atoms with E-state index >= 15 is 0 Å². The number of rotatable bonds is 10. The first-order chi connectivity index (χ1) is 19.1. The number of carbonyl (C=O) groups excluding carboxylic acids is 3. The predicted octanol–water partition coefficient (Wildman–Crippen LogP) is 0.653. The minimum atomic E-state index is -4.11. The Hall–Kier alpha value is -3.75. The second-order valence-electron chi connectivity index (χ2n) is 9.61. The zero-order chi connectivity index (χ0) is 28.7. The molecular formula is C26H34N6O7S. The number of amides is 3. The summed E-state index contributed by atoms with van der Waals surface area (Å²) in [7, 11) is -4.11. The van der Waals surface area contributed by atoms with Crippen LogP contribution in [0.1, 0.15) is 26.2 Å². The standard InChI is InChI=1S/C26H34N6O7S/c1-2-38-26(35)30-25(27)32-11-12-39-20(16-32)15-28-23(33)14-22(24(34)29-19-8-9-19)31-40(36,37)21-10-7-17-5-3-4-6-18(17)13-21/h3-7,10,13,19-20,22,31H,2,8-9,11-12,14-16H2,1H3,(H,28,33)(H,29,34)(H2,27,30,35). The maximum atomic E-state index is 13.2. The van der Waals surface area contributed by atoms with Crippen LogP contribution in [0.15, 0.2) is 47.4 Å². The van der Waals surface area contributed by atoms with Gasteiger partial charge in [0, 0.05) is 25.7 Å². The van der Waals surface area contributed by atoms with Gasteiger partial charge in [0.25, 0.3) is 0 Å². The molecule has 14 heteroatoms. The summed E-state index contributed by atoms with van der Waals surface area (Å²) < 4.78 is 39.2. The van der Waals surface area contributed by atoms with Gasteiger partial charge in [-0.2, -0.15) is 4.72 Å². The van der Waals surface area contributed by atoms with Crippen molar-refractivity contribution >= 4 is 44.7 Å². The van der Waals surface area contributed by atoms with Crippen molar-refractivity contribution in [3.8, 4) is 0 Å². The first kappa shape index (κ1) is 29.2. The number of hydrogen-bond donors (Lipinski definition) is 5. The molecule has 2 unspecified atom stereocenters. The second kappa shape index (κ2) is 13.1. The van der Waals surface area contributed by atoms with E-state index in [0.29, 0.717) is 6.54 Å². The molecular weight excluding hydrogens is 540 g/mol. The Morgan fingerprint density at radius 1 is 1.15 bits per heavy atom. The molecule has 2 atom stereocenters. The van der Waals surface area contributed by atoms with Crippen molar-refractivity contribution < 1.29 is 32.3 Å². The van der Waals surface area contributed by atoms with Crippen LogP contribution < -0.4 is 20.7 Å². The van der Waals surface area contributed by atoms with E-state index in [1.54, 1.807) is 30.0 Å². The summed E-state index contributed by atoms with van der Waals surface area (Å²) in [6.45, 7) is 2.77. The van der Waals surface area contributed by atoms with Crippen LogP contribution in [-0.2, 0) is 29.1 Å². The van der Waals surface area contributed by atoms with Crippen molar-refractivity contribution in [2.24, 2.45) is 0 Å². The Labute approximate surface area is 232 Å². The fourth-order valence-electron chi connectivity index (χ4n) is 4.18. The summed E-state index contributed by atoms with van der Waals surface area (Å²) in [4.78, 5) is 38.9. The number of nitrogens with one attached hydrogen (secondary N) is 5. The number of fused-ring (bicyclic) bond motifs is 1. The highest BCUT2D eigenvalue weighted by Crippen LogP contribution is 2.21. The van der Waals surface area contributed by atoms with Gasteiger partial charge in [0.15, 0.2) is 0 Å². The largest absolute Gasteiger partial charge is 0.450 e. The van der Waals surface area contributed by atoms with Crippen LogP contribution >= 0.6 is 0 Å². The molecule has 2 aliphatic rings. The minimum absolute atomic E-state index is 0.00889. The van der Waals surface area contributed by atoms with Gasteiger partial charge in [0.05, 0.1) is 30.6 Å². The van der Waals surface area contributed by atoms with Crippen molar-refractivity contribution in [1.29, 1.82) is 5.41 Å². The summed E-state index contributed by atoms with van der Waals surface area (Å²) in [6, 6.07) is 10.6. The van der Waals surface area contributed by atoms with E-state index in [4.69, 9.17) is 14.9 Å². The lowest BCUT2D eigenvalue weighted by Crippen LogP contribution is -2.54. The first-order valence-electron chi connectivity index (χ1n) is 13.1. The van der Waals surface area contributed by atoms with Gasteiger partial charge in [-0.25, -0.2) is 13.2 Å². The summed E-state index contributed by atoms with van der Waals surface area (Å²) in [5.41, 5.74) is 0. The van der Waals surface area contributed by atoms with Crippen molar-refractivity contribution in [3.63, 3.8) is 0 Å². The molecule has 1 saturated carbocycles. The number of morpholine rings is 1. The zero-order valence-corrected chi connectivity index (χ0v) is 23.0. The van der Waals surface area contributed by atoms with E-state index < -0.39 is 46.5 Å². The lowest BCUT2D eigenvalue weighted by atomic mass is 10.1. The second-order valence-corrected chi connectivity index (χ2v) is 11.3. The SMILES string of the molecule is CCOC(=O)NC(=N)N1CCOC(CNC(=O)CC(NS(=O)(=O)c2ccc3ccccc3c2)C(=O)NC2CC2)C1. The van der Waals surface area contributed by atoms with E-state index in [0.717, 1.165) is 23.6 Å². The smallest absolute Gasteiger partial charge is 0.413 e. The van der Waals surface area contributed by atoms with Crippen LogP contribution in [0.25, 0.3) is 10.8 Å². The molecule has 0 aromatic heterocycles. The average Bonchev–Trinajstić information content (AvgIpc) is 3.75. The Kier molecular flexibility index (Phi) is 9.55. The van der Waals surface area contributed by atoms with Gasteiger partial charge < -0.3 is 25.0 Å². The third kappa shape index (κ3) is 8.13. The summed E-state index contributed by atoms with van der Waals surface area (Å²) >= 11 is 0. The molecule has 40 heavy (non-hydrogen) atoms. The third-order valence-electron chi connectivity index (χ3n) is 6.44. The van der Waals surface area contributed by atoms with Crippen LogP contribution in [0.3, 0.4) is 0 Å². The maximum absolute atomic E-state index is 13.2. The molecule has 2 aromatic rings. The number of nitrogens with zero attached hydrogens (tertiary/aromatic N) is 1. The summed E-state index contributed by atoms with van der Waals surface area (Å²) in [5.74, 6) is -1.25. The van der Waals surface area contributed by atoms with E-state index in [1.807, 2.05) is 12.1 Å². The highest BCUT2D eigenvalue weighted by molar-refractivity contribution is 7.89. The summed E-state index contributed by atoms with van der Waals surface area (Å²) in [6.07, 6.45) is -0.0299. The number of carbonyl (C=O) groups is 3. The maximum Gasteiger partial charge on any atom is 0.413 e. The molecule has 13 nitrogen and oxygen atoms in total. The molecule has 1 saturated heterocycles. The van der Waals surface area contributed by atoms with Crippen LogP contribution in [-0.4, -0.2) is 88.2 Å². The number of hydrogen-bond acceptors (Lipinski definition) is 8. The van der Waals surface area contributed by atoms with Crippen LogP contribution in [0, 0.1) is 5.41 Å². The molecule has 1 aliphatic heterocycles. The molecule has 0 spiro atoms. The van der Waals surface area contributed by atoms with Gasteiger partial charge >= 0.3 is 6.09 Å². The molecule has 216 valence electrons. The third-order valence-corrected chi connectivity index (χ3v) is 7.91. The fraction of sp³-hybridized carbons (Fsp3) is 0.462. The highest BCUT2D eigenvalue weighted by atomic mass is 32.2. The quantitative estimate of drug-likeness (QED) is 0.203. The lowest BCUT2D eigenvalue weighted by molar-refractivity contribution is -0.128. The molecule has 0 radical (unpaired) electrons. The van der Waals surface area contributed by atoms with Crippen LogP contribution in [0.4, 0.5) is 4.79 Å². The van der Waals surface area contributed by atoms with Crippen molar-refractivity contribution in [1.82, 2.24) is 25.6 Å². The van der Waals surface area contributed by atoms with Gasteiger partial charge in [-0.1, -0.05) is 30.3 Å². The van der Waals surface area contributed by atoms with Gasteiger partial charge in [-0.15, -0.1) is 0 Å². The monoisotopic (exact) mass is 574 g/mol. The van der Waals surface area contributed by atoms with E-state index in [9.17, 15) is 22.8 Å². The lowest BCUT2D eigenvalue weighted by Gasteiger charge is -2.34. The Balaban J connectivity index is 1.35. The molecule has 1 heterocycles. The number of alkyl carbamates (subject to hydrolysis) is 1. The van der Waals surface area contributed by atoms with Gasteiger partial charge in [-0.05, 0) is 42.7 Å². The fourth-order valence-corrected chi connectivity index (χ4v) is 5.41. The molecule has 0 bridgehead atoms. The first-order valence-corrected chi connectivity index (χ1v) is 14.6. The average molecular weight is 575 g/mol. The van der Waals surface area contributed by atoms with Gasteiger partial charge in [0.1, 0.15) is 6.04 Å². The van der Waals surface area contributed by atoms with Crippen molar-refractivity contribution in [2.75, 3.05) is 32.8 Å². The number of ether oxygens (including phenoxy) is 2. The topological polar surface area (TPSA) is 179 Å². The van der Waals surface area contributed by atoms with Gasteiger partial charge in [-0.3, -0.25) is 20.3 Å². The van der Waals surface area contributed by atoms with Crippen molar-refractivity contribution in [2.45, 2.75) is 49.3 Å². The normalized spacial score (nSPS) is 18.0. The summed E-state index contributed by atoms with van der Waals surface area (Å²) in [5, 5.41) is 17.5. The Bertz CT molecular complexity index is 1360. The predicted molar refractivity (Wildman–Crippen MR) is 146 cm³/mol. The molecule has 2 aromatic carbocycles. The van der Waals surface area contributed by atoms with Crippen LogP contribution in [0.5, 0.6) is 0 Å². The van der Waals surface area contributed by atoms with E-state index in [-0.39, 0.29) is 43.2 Å². The number of sulfonamides is 1. The minimum Gasteiger partial charge on any atom is -0.450 e. The van der Waals surface area contributed by atoms with Crippen LogP contribution in [0.2, 0.25) is 0 Å². The number of benzene rings is 2. The van der Waals surface area contributed by atoms with E-state index in [1.165, 1.54) is 12.1 Å². The molecule has 5 N–H and O–H groups in total. The number of guanidine groups is 1. The van der Waals surface area contributed by atoms with E-state index in [2.05, 4.69) is 20.7 Å². The highest BCUT2D eigenvalue weighted by Gasteiger charge is 2.32. The molecule has 2 fully saturated rings. The zero-order valence-electron chi connectivity index (χ0n) is 22.1. The molecule has 1 aliphatic carbocycles.